The third-order valence-electron chi connectivity index (χ3n) is 8.54. The van der Waals surface area contributed by atoms with Crippen molar-refractivity contribution in [1.29, 1.82) is 5.26 Å². The smallest absolute Gasteiger partial charge is 0.264 e. The molecule has 4 rings (SSSR count). The maximum Gasteiger partial charge on any atom is 0.264 e. The Bertz CT molecular complexity index is 1660. The normalized spacial score (nSPS) is 15.4. The molecule has 1 saturated heterocycles. The van der Waals surface area contributed by atoms with E-state index < -0.39 is 0 Å². The van der Waals surface area contributed by atoms with E-state index in [1.54, 1.807) is 31.9 Å². The number of hydrogen-bond acceptors (Lipinski definition) is 6. The number of carbonyl (C=O) groups is 1. The number of nitrogens with zero attached hydrogens (tertiary/aromatic N) is 4. The van der Waals surface area contributed by atoms with Crippen LogP contribution in [-0.4, -0.2) is 48.1 Å². The molecular weight excluding hydrogens is 564 g/mol. The standard InChI is InChI=1S/C37H46N4O4/c1-24-25(2)35(42)40(7)23-30(24)28-17-33(44-8)31(34(18-28)45-9)22-39(6)21-26-12-14-27(15-13-26)32-11-10-16-41(32)36(43)29(20-38)19-37(3,4)5/h12-15,17-19,23,32H,10-11,16,21-22H2,1-9H3. The fourth-order valence-corrected chi connectivity index (χ4v) is 6.13. The first-order valence-electron chi connectivity index (χ1n) is 15.4. The van der Waals surface area contributed by atoms with E-state index in [1.807, 2.05) is 57.8 Å². The van der Waals surface area contributed by atoms with Crippen molar-refractivity contribution in [2.24, 2.45) is 12.5 Å². The Kier molecular flexibility index (Phi) is 10.2. The summed E-state index contributed by atoms with van der Waals surface area (Å²) in [7, 11) is 7.15. The summed E-state index contributed by atoms with van der Waals surface area (Å²) in [5.74, 6) is 1.26. The van der Waals surface area contributed by atoms with Crippen LogP contribution in [-0.2, 0) is 24.9 Å². The van der Waals surface area contributed by atoms with Crippen LogP contribution in [0.25, 0.3) is 11.1 Å². The summed E-state index contributed by atoms with van der Waals surface area (Å²) in [6.45, 7) is 11.8. The minimum Gasteiger partial charge on any atom is -0.496 e. The van der Waals surface area contributed by atoms with Gasteiger partial charge in [0.15, 0.2) is 0 Å². The summed E-state index contributed by atoms with van der Waals surface area (Å²) in [5.41, 5.74) is 6.69. The average Bonchev–Trinajstić information content (AvgIpc) is 3.50. The van der Waals surface area contributed by atoms with Gasteiger partial charge in [-0.15, -0.1) is 0 Å². The molecule has 0 bridgehead atoms. The molecule has 1 aliphatic rings. The van der Waals surface area contributed by atoms with Gasteiger partial charge in [-0.05, 0) is 73.5 Å². The highest BCUT2D eigenvalue weighted by Crippen LogP contribution is 2.38. The van der Waals surface area contributed by atoms with E-state index >= 15 is 0 Å². The Hall–Kier alpha value is -4.35. The number of benzene rings is 2. The first-order chi connectivity index (χ1) is 21.3. The molecule has 238 valence electrons. The predicted molar refractivity (Wildman–Crippen MR) is 178 cm³/mol. The molecule has 45 heavy (non-hydrogen) atoms. The van der Waals surface area contributed by atoms with Gasteiger partial charge in [0, 0.05) is 44.0 Å². The van der Waals surface area contributed by atoms with Gasteiger partial charge in [0.05, 0.1) is 25.8 Å². The molecular formula is C37H46N4O4. The Balaban J connectivity index is 1.51. The highest BCUT2D eigenvalue weighted by molar-refractivity contribution is 5.97. The second kappa shape index (κ2) is 13.7. The number of allylic oxidation sites excluding steroid dienone is 1. The van der Waals surface area contributed by atoms with E-state index in [4.69, 9.17) is 9.47 Å². The van der Waals surface area contributed by atoms with Crippen molar-refractivity contribution in [3.63, 3.8) is 0 Å². The van der Waals surface area contributed by atoms with Crippen LogP contribution in [0.1, 0.15) is 67.5 Å². The molecule has 2 aromatic carbocycles. The number of carbonyl (C=O) groups excluding carboxylic acids is 1. The van der Waals surface area contributed by atoms with Crippen molar-refractivity contribution in [3.8, 4) is 28.7 Å². The molecule has 1 amide bonds. The van der Waals surface area contributed by atoms with Crippen LogP contribution >= 0.6 is 0 Å². The minimum absolute atomic E-state index is 0.00287. The van der Waals surface area contributed by atoms with Crippen LogP contribution in [0.15, 0.2) is 59.0 Å². The van der Waals surface area contributed by atoms with Crippen LogP contribution < -0.4 is 15.0 Å². The molecule has 1 fully saturated rings. The first-order valence-corrected chi connectivity index (χ1v) is 15.4. The van der Waals surface area contributed by atoms with Gasteiger partial charge < -0.3 is 18.9 Å². The number of aromatic nitrogens is 1. The van der Waals surface area contributed by atoms with Crippen LogP contribution in [0.4, 0.5) is 0 Å². The van der Waals surface area contributed by atoms with Crippen LogP contribution in [0.5, 0.6) is 11.5 Å². The van der Waals surface area contributed by atoms with Crippen molar-refractivity contribution in [2.45, 2.75) is 66.6 Å². The molecule has 0 radical (unpaired) electrons. The molecule has 1 atom stereocenters. The number of pyridine rings is 1. The van der Waals surface area contributed by atoms with E-state index in [1.165, 1.54) is 0 Å². The summed E-state index contributed by atoms with van der Waals surface area (Å²) in [5, 5.41) is 9.68. The molecule has 8 heteroatoms. The quantitative estimate of drug-likeness (QED) is 0.204. The first kappa shape index (κ1) is 33.5. The molecule has 1 unspecified atom stereocenters. The third kappa shape index (κ3) is 7.49. The summed E-state index contributed by atoms with van der Waals surface area (Å²) >= 11 is 0. The predicted octanol–water partition coefficient (Wildman–Crippen LogP) is 6.48. The molecule has 0 aliphatic carbocycles. The van der Waals surface area contributed by atoms with Gasteiger partial charge in [0.25, 0.3) is 11.5 Å². The van der Waals surface area contributed by atoms with Gasteiger partial charge in [0.2, 0.25) is 0 Å². The monoisotopic (exact) mass is 610 g/mol. The molecule has 8 nitrogen and oxygen atoms in total. The van der Waals surface area contributed by atoms with Crippen molar-refractivity contribution in [3.05, 3.63) is 92.4 Å². The molecule has 0 N–H and O–H groups in total. The van der Waals surface area contributed by atoms with Gasteiger partial charge in [-0.1, -0.05) is 51.1 Å². The number of likely N-dealkylation sites (tertiary alicyclic amines) is 1. The number of methoxy groups -OCH3 is 2. The zero-order valence-electron chi connectivity index (χ0n) is 28.2. The highest BCUT2D eigenvalue weighted by atomic mass is 16.5. The summed E-state index contributed by atoms with van der Waals surface area (Å²) in [6.07, 6.45) is 5.43. The van der Waals surface area contributed by atoms with Crippen molar-refractivity contribution in [2.75, 3.05) is 27.8 Å². The maximum absolute atomic E-state index is 13.3. The number of ether oxygens (including phenoxy) is 2. The number of aryl methyl sites for hydroxylation is 1. The molecule has 1 aromatic heterocycles. The number of rotatable bonds is 9. The lowest BCUT2D eigenvalue weighted by Crippen LogP contribution is -2.32. The lowest BCUT2D eigenvalue weighted by molar-refractivity contribution is -0.127. The molecule has 0 spiro atoms. The van der Waals surface area contributed by atoms with E-state index in [0.717, 1.165) is 63.3 Å². The summed E-state index contributed by atoms with van der Waals surface area (Å²) in [4.78, 5) is 29.8. The van der Waals surface area contributed by atoms with Crippen LogP contribution in [0, 0.1) is 30.6 Å². The Labute approximate surface area is 267 Å². The second-order valence-corrected chi connectivity index (χ2v) is 13.2. The number of hydrogen-bond donors (Lipinski definition) is 0. The van der Waals surface area contributed by atoms with E-state index in [2.05, 4.69) is 42.3 Å². The zero-order chi connectivity index (χ0) is 33.1. The molecule has 3 aromatic rings. The van der Waals surface area contributed by atoms with Crippen molar-refractivity contribution < 1.29 is 14.3 Å². The van der Waals surface area contributed by atoms with Gasteiger partial charge in [-0.3, -0.25) is 14.5 Å². The van der Waals surface area contributed by atoms with Gasteiger partial charge in [0.1, 0.15) is 23.1 Å². The fraction of sp³-hybridized carbons (Fsp3) is 0.432. The summed E-state index contributed by atoms with van der Waals surface area (Å²) < 4.78 is 13.3. The minimum atomic E-state index is -0.249. The Morgan fingerprint density at radius 3 is 2.24 bits per heavy atom. The number of nitriles is 1. The SMILES string of the molecule is COc1cc(-c2cn(C)c(=O)c(C)c2C)cc(OC)c1CN(C)Cc1ccc(C2CCCN2C(=O)C(C#N)=CC(C)(C)C)cc1. The average molecular weight is 611 g/mol. The lowest BCUT2D eigenvalue weighted by atomic mass is 9.93. The van der Waals surface area contributed by atoms with Crippen LogP contribution in [0.3, 0.4) is 0 Å². The second-order valence-electron chi connectivity index (χ2n) is 13.2. The fourth-order valence-electron chi connectivity index (χ4n) is 6.13. The molecule has 1 aliphatic heterocycles. The summed E-state index contributed by atoms with van der Waals surface area (Å²) in [6, 6.07) is 14.6. The third-order valence-corrected chi connectivity index (χ3v) is 8.54. The van der Waals surface area contributed by atoms with E-state index in [0.29, 0.717) is 19.6 Å². The van der Waals surface area contributed by atoms with Crippen LogP contribution in [0.2, 0.25) is 0 Å². The Morgan fingerprint density at radius 2 is 1.69 bits per heavy atom. The van der Waals surface area contributed by atoms with Gasteiger partial charge in [-0.2, -0.15) is 5.26 Å². The lowest BCUT2D eigenvalue weighted by Gasteiger charge is -2.26. The zero-order valence-corrected chi connectivity index (χ0v) is 28.2. The number of amides is 1. The maximum atomic E-state index is 13.3. The molecule has 0 saturated carbocycles. The highest BCUT2D eigenvalue weighted by Gasteiger charge is 2.32. The van der Waals surface area contributed by atoms with E-state index in [-0.39, 0.29) is 28.5 Å². The topological polar surface area (TPSA) is 87.8 Å². The van der Waals surface area contributed by atoms with Gasteiger partial charge >= 0.3 is 0 Å². The largest absolute Gasteiger partial charge is 0.496 e. The Morgan fingerprint density at radius 1 is 1.07 bits per heavy atom. The van der Waals surface area contributed by atoms with Crippen molar-refractivity contribution >= 4 is 5.91 Å². The van der Waals surface area contributed by atoms with Gasteiger partial charge in [-0.25, -0.2) is 0 Å². The van der Waals surface area contributed by atoms with Crippen molar-refractivity contribution in [1.82, 2.24) is 14.4 Å². The molecule has 2 heterocycles. The van der Waals surface area contributed by atoms with E-state index in [9.17, 15) is 14.9 Å².